The first-order chi connectivity index (χ1) is 7.67. The Bertz CT molecular complexity index is 434. The molecule has 0 saturated heterocycles. The normalized spacial score (nSPS) is 13.4. The number of aromatic hydroxyl groups is 3. The molecule has 0 radical (unpaired) electrons. The molecule has 8 nitrogen and oxygen atoms in total. The van der Waals surface area contributed by atoms with Gasteiger partial charge < -0.3 is 36.4 Å². The average Bonchev–Trinajstić information content (AvgIpc) is 2.23. The van der Waals surface area contributed by atoms with Gasteiger partial charge in [-0.2, -0.15) is 0 Å². The van der Waals surface area contributed by atoms with Crippen LogP contribution in [0.2, 0.25) is 0 Å². The summed E-state index contributed by atoms with van der Waals surface area (Å²) in [6, 6.07) is -0.735. The van der Waals surface area contributed by atoms with Gasteiger partial charge in [-0.3, -0.25) is 4.79 Å². The van der Waals surface area contributed by atoms with Gasteiger partial charge in [0.25, 0.3) is 0 Å². The first kappa shape index (κ1) is 13.0. The molecule has 0 aliphatic rings. The summed E-state index contributed by atoms with van der Waals surface area (Å²) in [4.78, 5) is 10.5. The summed E-state index contributed by atoms with van der Waals surface area (Å²) in [6.07, 6.45) is 0. The predicted octanol–water partition coefficient (Wildman–Crippen LogP) is -1.65. The standard InChI is InChI=1S/C9H11NO7/c10-7(8(14)15)9(16,17)3-1-4(11)6(13)5(12)2-3/h1-2,7,11-13,16-17H,10H2,(H,14,15). The van der Waals surface area contributed by atoms with E-state index >= 15 is 0 Å². The molecule has 0 aliphatic carbocycles. The van der Waals surface area contributed by atoms with E-state index in [9.17, 15) is 15.0 Å². The lowest BCUT2D eigenvalue weighted by Gasteiger charge is -2.26. The number of hydrogen-bond acceptors (Lipinski definition) is 7. The molecule has 8 heteroatoms. The lowest BCUT2D eigenvalue weighted by atomic mass is 9.98. The molecule has 1 unspecified atom stereocenters. The third-order valence-electron chi connectivity index (χ3n) is 2.19. The van der Waals surface area contributed by atoms with Crippen LogP contribution in [0.3, 0.4) is 0 Å². The topological polar surface area (TPSA) is 164 Å². The van der Waals surface area contributed by atoms with Crippen molar-refractivity contribution in [2.45, 2.75) is 11.8 Å². The lowest BCUT2D eigenvalue weighted by Crippen LogP contribution is -2.50. The van der Waals surface area contributed by atoms with E-state index in [1.165, 1.54) is 0 Å². The molecule has 0 saturated carbocycles. The average molecular weight is 245 g/mol. The van der Waals surface area contributed by atoms with Gasteiger partial charge in [-0.25, -0.2) is 0 Å². The van der Waals surface area contributed by atoms with Crippen LogP contribution in [-0.2, 0) is 10.6 Å². The zero-order chi connectivity index (χ0) is 13.4. The number of carboxylic acids is 1. The van der Waals surface area contributed by atoms with Crippen LogP contribution in [0.4, 0.5) is 0 Å². The smallest absolute Gasteiger partial charge is 0.326 e. The van der Waals surface area contributed by atoms with Crippen LogP contribution in [-0.4, -0.2) is 42.7 Å². The maximum absolute atomic E-state index is 10.5. The van der Waals surface area contributed by atoms with E-state index in [0.29, 0.717) is 12.1 Å². The van der Waals surface area contributed by atoms with Crippen LogP contribution in [0.15, 0.2) is 12.1 Å². The molecule has 0 spiro atoms. The highest BCUT2D eigenvalue weighted by molar-refractivity contribution is 5.75. The number of carboxylic acid groups (broad SMARTS) is 1. The first-order valence-electron chi connectivity index (χ1n) is 4.36. The van der Waals surface area contributed by atoms with Gasteiger partial charge in [-0.05, 0) is 12.1 Å². The summed E-state index contributed by atoms with van der Waals surface area (Å²) < 4.78 is 0. The molecular formula is C9H11NO7. The number of aliphatic hydroxyl groups is 2. The van der Waals surface area contributed by atoms with E-state index in [-0.39, 0.29) is 0 Å². The minimum absolute atomic E-state index is 0.569. The van der Waals surface area contributed by atoms with E-state index in [1.54, 1.807) is 0 Å². The number of phenolic OH excluding ortho intramolecular Hbond substituents is 3. The van der Waals surface area contributed by atoms with Gasteiger partial charge in [-0.15, -0.1) is 0 Å². The quantitative estimate of drug-likeness (QED) is 0.246. The molecule has 0 amide bonds. The minimum Gasteiger partial charge on any atom is -0.504 e. The van der Waals surface area contributed by atoms with Crippen molar-refractivity contribution in [3.8, 4) is 17.2 Å². The Balaban J connectivity index is 3.29. The summed E-state index contributed by atoms with van der Waals surface area (Å²) in [5, 5.41) is 54.9. The number of carbonyl (C=O) groups is 1. The third kappa shape index (κ3) is 2.23. The van der Waals surface area contributed by atoms with Gasteiger partial charge in [0.05, 0.1) is 0 Å². The van der Waals surface area contributed by atoms with Crippen LogP contribution in [0, 0.1) is 0 Å². The van der Waals surface area contributed by atoms with Crippen molar-refractivity contribution in [3.63, 3.8) is 0 Å². The molecule has 1 aromatic carbocycles. The van der Waals surface area contributed by atoms with E-state index in [2.05, 4.69) is 0 Å². The molecular weight excluding hydrogens is 234 g/mol. The first-order valence-corrected chi connectivity index (χ1v) is 4.36. The van der Waals surface area contributed by atoms with E-state index in [4.69, 9.17) is 26.2 Å². The number of rotatable bonds is 3. The fraction of sp³-hybridized carbons (Fsp3) is 0.222. The van der Waals surface area contributed by atoms with Crippen LogP contribution in [0.5, 0.6) is 17.2 Å². The summed E-state index contributed by atoms with van der Waals surface area (Å²) in [7, 11) is 0. The zero-order valence-corrected chi connectivity index (χ0v) is 8.40. The van der Waals surface area contributed by atoms with Crippen molar-refractivity contribution < 1.29 is 35.4 Å². The molecule has 0 aromatic heterocycles. The Morgan fingerprint density at radius 2 is 1.59 bits per heavy atom. The summed E-state index contributed by atoms with van der Waals surface area (Å²) >= 11 is 0. The number of phenols is 3. The Labute approximate surface area is 94.8 Å². The highest BCUT2D eigenvalue weighted by atomic mass is 16.5. The molecule has 0 fully saturated rings. The van der Waals surface area contributed by atoms with Crippen molar-refractivity contribution in [3.05, 3.63) is 17.7 Å². The molecule has 8 N–H and O–H groups in total. The van der Waals surface area contributed by atoms with E-state index < -0.39 is 40.6 Å². The Morgan fingerprint density at radius 1 is 1.18 bits per heavy atom. The van der Waals surface area contributed by atoms with Crippen molar-refractivity contribution >= 4 is 5.97 Å². The van der Waals surface area contributed by atoms with Crippen LogP contribution >= 0.6 is 0 Å². The van der Waals surface area contributed by atoms with Gasteiger partial charge in [0, 0.05) is 5.56 Å². The maximum atomic E-state index is 10.5. The van der Waals surface area contributed by atoms with E-state index in [0.717, 1.165) is 0 Å². The second-order valence-electron chi connectivity index (χ2n) is 3.41. The maximum Gasteiger partial charge on any atom is 0.326 e. The fourth-order valence-corrected chi connectivity index (χ4v) is 1.17. The second kappa shape index (κ2) is 4.09. The summed E-state index contributed by atoms with van der Waals surface area (Å²) in [5.74, 6) is -7.25. The van der Waals surface area contributed by atoms with Crippen LogP contribution in [0.1, 0.15) is 5.56 Å². The van der Waals surface area contributed by atoms with Crippen LogP contribution < -0.4 is 5.73 Å². The van der Waals surface area contributed by atoms with Crippen molar-refractivity contribution in [2.24, 2.45) is 5.73 Å². The monoisotopic (exact) mass is 245 g/mol. The Kier molecular flexibility index (Phi) is 3.14. The molecule has 94 valence electrons. The number of benzene rings is 1. The molecule has 1 atom stereocenters. The summed E-state index contributed by atoms with van der Waals surface area (Å²) in [5.41, 5.74) is 4.47. The zero-order valence-electron chi connectivity index (χ0n) is 8.40. The number of hydrogen-bond donors (Lipinski definition) is 7. The SMILES string of the molecule is NC(C(=O)O)C(O)(O)c1cc(O)c(O)c(O)c1. The Morgan fingerprint density at radius 3 is 1.94 bits per heavy atom. The largest absolute Gasteiger partial charge is 0.504 e. The van der Waals surface area contributed by atoms with Gasteiger partial charge in [0.2, 0.25) is 5.79 Å². The molecule has 0 heterocycles. The minimum atomic E-state index is -3.01. The number of nitrogens with two attached hydrogens (primary N) is 1. The molecule has 1 rings (SSSR count). The van der Waals surface area contributed by atoms with Crippen molar-refractivity contribution in [2.75, 3.05) is 0 Å². The predicted molar refractivity (Wildman–Crippen MR) is 53.2 cm³/mol. The fourth-order valence-electron chi connectivity index (χ4n) is 1.17. The van der Waals surface area contributed by atoms with Gasteiger partial charge in [-0.1, -0.05) is 0 Å². The molecule has 0 bridgehead atoms. The van der Waals surface area contributed by atoms with Crippen molar-refractivity contribution in [1.82, 2.24) is 0 Å². The molecule has 0 aliphatic heterocycles. The van der Waals surface area contributed by atoms with E-state index in [1.807, 2.05) is 0 Å². The third-order valence-corrected chi connectivity index (χ3v) is 2.19. The molecule has 1 aromatic rings. The van der Waals surface area contributed by atoms with Gasteiger partial charge >= 0.3 is 5.97 Å². The molecule has 17 heavy (non-hydrogen) atoms. The van der Waals surface area contributed by atoms with Gasteiger partial charge in [0.15, 0.2) is 23.3 Å². The number of aliphatic carboxylic acids is 1. The summed E-state index contributed by atoms with van der Waals surface area (Å²) in [6.45, 7) is 0. The Hall–Kier alpha value is -2.03. The highest BCUT2D eigenvalue weighted by Gasteiger charge is 2.40. The van der Waals surface area contributed by atoms with Crippen molar-refractivity contribution in [1.29, 1.82) is 0 Å². The lowest BCUT2D eigenvalue weighted by molar-refractivity contribution is -0.197. The van der Waals surface area contributed by atoms with Gasteiger partial charge in [0.1, 0.15) is 0 Å². The van der Waals surface area contributed by atoms with Crippen LogP contribution in [0.25, 0.3) is 0 Å². The highest BCUT2D eigenvalue weighted by Crippen LogP contribution is 2.38. The second-order valence-corrected chi connectivity index (χ2v) is 3.41.